The van der Waals surface area contributed by atoms with E-state index in [-0.39, 0.29) is 6.10 Å². The Kier molecular flexibility index (Phi) is 2.71. The first-order valence-corrected chi connectivity index (χ1v) is 3.47. The van der Waals surface area contributed by atoms with E-state index < -0.39 is 0 Å². The summed E-state index contributed by atoms with van der Waals surface area (Å²) in [6.07, 6.45) is 0.926. The van der Waals surface area contributed by atoms with Gasteiger partial charge < -0.3 is 10.5 Å². The van der Waals surface area contributed by atoms with Crippen molar-refractivity contribution in [3.8, 4) is 0 Å². The second-order valence-electron chi connectivity index (χ2n) is 2.48. The molecular formula is C7H13N2O. The molecule has 0 amide bonds. The number of nitrogens with two attached hydrogens (primary N) is 1. The molecule has 0 saturated carbocycles. The molecule has 1 atom stereocenters. The topological polar surface area (TPSA) is 49.4 Å². The van der Waals surface area contributed by atoms with Crippen molar-refractivity contribution in [2.24, 2.45) is 5.73 Å². The van der Waals surface area contributed by atoms with Crippen molar-refractivity contribution in [2.45, 2.75) is 12.5 Å². The summed E-state index contributed by atoms with van der Waals surface area (Å²) in [6, 6.07) is 0. The van der Waals surface area contributed by atoms with E-state index in [1.807, 2.05) is 0 Å². The van der Waals surface area contributed by atoms with E-state index in [4.69, 9.17) is 10.5 Å². The minimum absolute atomic E-state index is 0.186. The molecule has 3 heteroatoms. The molecule has 0 spiro atoms. The number of hydrogen-bond donors (Lipinski definition) is 1. The predicted molar refractivity (Wildman–Crippen MR) is 39.6 cm³/mol. The summed E-state index contributed by atoms with van der Waals surface area (Å²) in [6.45, 7) is 5.94. The predicted octanol–water partition coefficient (Wildman–Crippen LogP) is -0.148. The normalized spacial score (nSPS) is 26.2. The summed E-state index contributed by atoms with van der Waals surface area (Å²) in [5.41, 5.74) is 6.09. The van der Waals surface area contributed by atoms with Gasteiger partial charge in [-0.25, -0.2) is 5.32 Å². The summed E-state index contributed by atoms with van der Waals surface area (Å²) in [5.74, 6) is 0. The van der Waals surface area contributed by atoms with Crippen LogP contribution in [0.4, 0.5) is 0 Å². The molecule has 0 aromatic carbocycles. The zero-order valence-corrected chi connectivity index (χ0v) is 6.05. The Morgan fingerprint density at radius 3 is 3.10 bits per heavy atom. The van der Waals surface area contributed by atoms with Crippen LogP contribution < -0.4 is 11.1 Å². The van der Waals surface area contributed by atoms with Crippen LogP contribution >= 0.6 is 0 Å². The van der Waals surface area contributed by atoms with Gasteiger partial charge in [0.25, 0.3) is 0 Å². The van der Waals surface area contributed by atoms with Crippen LogP contribution in [0, 0.1) is 0 Å². The molecule has 0 aromatic heterocycles. The van der Waals surface area contributed by atoms with E-state index >= 15 is 0 Å². The molecule has 1 heterocycles. The first-order chi connectivity index (χ1) is 4.79. The fraction of sp³-hybridized carbons (Fsp3) is 0.714. The number of nitrogens with zero attached hydrogens (tertiary/aromatic N) is 1. The maximum Gasteiger partial charge on any atom is 0.0770 e. The van der Waals surface area contributed by atoms with Crippen molar-refractivity contribution in [1.29, 1.82) is 0 Å². The van der Waals surface area contributed by atoms with E-state index in [0.29, 0.717) is 5.70 Å². The maximum atomic E-state index is 5.41. The lowest BCUT2D eigenvalue weighted by Crippen LogP contribution is -2.34. The highest BCUT2D eigenvalue weighted by molar-refractivity contribution is 4.90. The van der Waals surface area contributed by atoms with Gasteiger partial charge in [0.1, 0.15) is 0 Å². The zero-order chi connectivity index (χ0) is 7.40. The molecule has 1 aliphatic heterocycles. The minimum atomic E-state index is 0.186. The minimum Gasteiger partial charge on any atom is -0.402 e. The van der Waals surface area contributed by atoms with Crippen LogP contribution in [0.3, 0.4) is 0 Å². The van der Waals surface area contributed by atoms with Crippen LogP contribution in [0.15, 0.2) is 12.3 Å². The number of hydrogen-bond acceptors (Lipinski definition) is 2. The highest BCUT2D eigenvalue weighted by Gasteiger charge is 2.13. The van der Waals surface area contributed by atoms with E-state index in [1.54, 1.807) is 0 Å². The van der Waals surface area contributed by atoms with Gasteiger partial charge in [0.15, 0.2) is 0 Å². The summed E-state index contributed by atoms with van der Waals surface area (Å²) < 4.78 is 5.35. The summed E-state index contributed by atoms with van der Waals surface area (Å²) >= 11 is 0. The average Bonchev–Trinajstić information content (AvgIpc) is 1.88. The van der Waals surface area contributed by atoms with Crippen molar-refractivity contribution in [3.05, 3.63) is 12.3 Å². The van der Waals surface area contributed by atoms with Gasteiger partial charge in [0.2, 0.25) is 0 Å². The lowest BCUT2D eigenvalue weighted by Gasteiger charge is -2.21. The van der Waals surface area contributed by atoms with Crippen molar-refractivity contribution in [1.82, 2.24) is 5.32 Å². The van der Waals surface area contributed by atoms with Crippen LogP contribution in [-0.4, -0.2) is 25.8 Å². The van der Waals surface area contributed by atoms with Gasteiger partial charge in [0.05, 0.1) is 12.7 Å². The van der Waals surface area contributed by atoms with E-state index in [0.717, 1.165) is 26.1 Å². The second-order valence-corrected chi connectivity index (χ2v) is 2.48. The molecule has 1 saturated heterocycles. The quantitative estimate of drug-likeness (QED) is 0.581. The third kappa shape index (κ3) is 2.37. The summed E-state index contributed by atoms with van der Waals surface area (Å²) in [7, 11) is 0. The van der Waals surface area contributed by atoms with Crippen molar-refractivity contribution in [3.63, 3.8) is 0 Å². The first-order valence-electron chi connectivity index (χ1n) is 3.47. The average molecular weight is 141 g/mol. The molecule has 0 bridgehead atoms. The van der Waals surface area contributed by atoms with Crippen molar-refractivity contribution >= 4 is 0 Å². The van der Waals surface area contributed by atoms with Crippen molar-refractivity contribution in [2.75, 3.05) is 19.7 Å². The molecule has 57 valence electrons. The van der Waals surface area contributed by atoms with Gasteiger partial charge in [-0.15, -0.1) is 0 Å². The highest BCUT2D eigenvalue weighted by atomic mass is 16.5. The fourth-order valence-electron chi connectivity index (χ4n) is 0.988. The van der Waals surface area contributed by atoms with E-state index in [9.17, 15) is 0 Å². The number of rotatable bonds is 2. The van der Waals surface area contributed by atoms with Crippen LogP contribution in [-0.2, 0) is 4.74 Å². The number of morpholine rings is 1. The smallest absolute Gasteiger partial charge is 0.0770 e. The highest BCUT2D eigenvalue weighted by Crippen LogP contribution is 2.04. The standard InChI is InChI=1S/C7H13N2O/c1-6(8)4-7-5-9-2-3-10-7/h7H,1-5,8H2. The third-order valence-electron chi connectivity index (χ3n) is 1.43. The second kappa shape index (κ2) is 3.58. The summed E-state index contributed by atoms with van der Waals surface area (Å²) in [4.78, 5) is 0. The Hall–Kier alpha value is -0.540. The van der Waals surface area contributed by atoms with Gasteiger partial charge in [-0.2, -0.15) is 0 Å². The van der Waals surface area contributed by atoms with Crippen LogP contribution in [0.5, 0.6) is 0 Å². The van der Waals surface area contributed by atoms with Crippen LogP contribution in [0.25, 0.3) is 0 Å². The van der Waals surface area contributed by atoms with Crippen LogP contribution in [0.1, 0.15) is 6.42 Å². The fourth-order valence-corrected chi connectivity index (χ4v) is 0.988. The lowest BCUT2D eigenvalue weighted by atomic mass is 10.2. The van der Waals surface area contributed by atoms with Gasteiger partial charge >= 0.3 is 0 Å². The first kappa shape index (κ1) is 7.57. The maximum absolute atomic E-state index is 5.41. The molecule has 2 N–H and O–H groups in total. The third-order valence-corrected chi connectivity index (χ3v) is 1.43. The molecule has 1 aliphatic rings. The van der Waals surface area contributed by atoms with Gasteiger partial charge in [-0.1, -0.05) is 6.58 Å². The van der Waals surface area contributed by atoms with Crippen LogP contribution in [0.2, 0.25) is 0 Å². The molecule has 3 nitrogen and oxygen atoms in total. The molecular weight excluding hydrogens is 128 g/mol. The molecule has 1 fully saturated rings. The molecule has 0 aromatic rings. The molecule has 1 rings (SSSR count). The van der Waals surface area contributed by atoms with Gasteiger partial charge in [-0.05, 0) is 0 Å². The largest absolute Gasteiger partial charge is 0.402 e. The SMILES string of the molecule is C=C(N)CC1C[N]CCO1. The number of ether oxygens (including phenoxy) is 1. The Morgan fingerprint density at radius 1 is 1.80 bits per heavy atom. The lowest BCUT2D eigenvalue weighted by molar-refractivity contribution is 0.0275. The van der Waals surface area contributed by atoms with Crippen molar-refractivity contribution < 1.29 is 4.74 Å². The van der Waals surface area contributed by atoms with E-state index in [2.05, 4.69) is 11.9 Å². The Balaban J connectivity index is 2.19. The Labute approximate surface area is 61.2 Å². The monoisotopic (exact) mass is 141 g/mol. The molecule has 0 aliphatic carbocycles. The molecule has 10 heavy (non-hydrogen) atoms. The molecule has 1 unspecified atom stereocenters. The molecule has 1 radical (unpaired) electrons. The van der Waals surface area contributed by atoms with E-state index in [1.165, 1.54) is 0 Å². The summed E-state index contributed by atoms with van der Waals surface area (Å²) in [5, 5.41) is 4.19. The van der Waals surface area contributed by atoms with Gasteiger partial charge in [0, 0.05) is 25.2 Å². The van der Waals surface area contributed by atoms with Gasteiger partial charge in [-0.3, -0.25) is 0 Å². The Bertz CT molecular complexity index is 119. The zero-order valence-electron chi connectivity index (χ0n) is 6.05. The Morgan fingerprint density at radius 2 is 2.60 bits per heavy atom.